The van der Waals surface area contributed by atoms with Crippen LogP contribution in [0, 0.1) is 0 Å². The molecule has 2 aromatic carbocycles. The first-order valence-electron chi connectivity index (χ1n) is 10.1. The molecule has 1 amide bonds. The molecular formula is C22H24N2O4S. The zero-order chi connectivity index (χ0) is 20.0. The van der Waals surface area contributed by atoms with Crippen LogP contribution in [0.3, 0.4) is 0 Å². The van der Waals surface area contributed by atoms with E-state index in [9.17, 15) is 13.2 Å². The van der Waals surface area contributed by atoms with Crippen molar-refractivity contribution in [2.24, 2.45) is 0 Å². The fourth-order valence-electron chi connectivity index (χ4n) is 4.68. The number of nitrogens with zero attached hydrogens (tertiary/aromatic N) is 2. The first kappa shape index (κ1) is 18.6. The van der Waals surface area contributed by atoms with Gasteiger partial charge in [-0.15, -0.1) is 0 Å². The molecule has 2 saturated heterocycles. The standard InChI is InChI=1S/C22H24N2O4S/c25-21(24-10-8-23(9-11-24)18-7-12-29(26,27)15-18)13-17-14-28-20-6-5-16-3-1-2-4-19(16)22(17)20/h1-6,14,18H,7-13,15H2/t18-/m1/s1. The van der Waals surface area contributed by atoms with Crippen LogP contribution in [-0.4, -0.2) is 67.9 Å². The number of furan rings is 1. The van der Waals surface area contributed by atoms with Crippen LogP contribution < -0.4 is 0 Å². The fourth-order valence-corrected chi connectivity index (χ4v) is 6.44. The maximum atomic E-state index is 12.9. The van der Waals surface area contributed by atoms with Crippen molar-refractivity contribution in [1.82, 2.24) is 9.80 Å². The van der Waals surface area contributed by atoms with Crippen LogP contribution in [0.4, 0.5) is 0 Å². The predicted molar refractivity (Wildman–Crippen MR) is 113 cm³/mol. The number of hydrogen-bond acceptors (Lipinski definition) is 5. The van der Waals surface area contributed by atoms with Crippen molar-refractivity contribution in [3.05, 3.63) is 48.2 Å². The predicted octanol–water partition coefficient (Wildman–Crippen LogP) is 2.46. The van der Waals surface area contributed by atoms with Crippen molar-refractivity contribution in [2.45, 2.75) is 18.9 Å². The number of piperazine rings is 1. The SMILES string of the molecule is O=C(Cc1coc2ccc3ccccc3c12)N1CCN([C@@H]2CCS(=O)(=O)C2)CC1. The van der Waals surface area contributed by atoms with Crippen molar-refractivity contribution in [3.8, 4) is 0 Å². The lowest BCUT2D eigenvalue weighted by Crippen LogP contribution is -2.52. The van der Waals surface area contributed by atoms with E-state index in [0.717, 1.165) is 40.4 Å². The quantitative estimate of drug-likeness (QED) is 0.661. The van der Waals surface area contributed by atoms with Crippen LogP contribution in [0.5, 0.6) is 0 Å². The van der Waals surface area contributed by atoms with Gasteiger partial charge in [-0.25, -0.2) is 8.42 Å². The molecule has 29 heavy (non-hydrogen) atoms. The number of fused-ring (bicyclic) bond motifs is 3. The lowest BCUT2D eigenvalue weighted by molar-refractivity contribution is -0.132. The summed E-state index contributed by atoms with van der Waals surface area (Å²) in [4.78, 5) is 17.1. The van der Waals surface area contributed by atoms with Crippen molar-refractivity contribution in [2.75, 3.05) is 37.7 Å². The third kappa shape index (κ3) is 3.53. The second-order valence-electron chi connectivity index (χ2n) is 8.07. The summed E-state index contributed by atoms with van der Waals surface area (Å²) in [5, 5.41) is 3.26. The molecule has 0 N–H and O–H groups in total. The fraction of sp³-hybridized carbons (Fsp3) is 0.409. The number of benzene rings is 2. The molecule has 152 valence electrons. The lowest BCUT2D eigenvalue weighted by Gasteiger charge is -2.37. The van der Waals surface area contributed by atoms with E-state index >= 15 is 0 Å². The van der Waals surface area contributed by atoms with Crippen LogP contribution in [0.25, 0.3) is 21.7 Å². The molecule has 0 bridgehead atoms. The third-order valence-electron chi connectivity index (χ3n) is 6.27. The highest BCUT2D eigenvalue weighted by atomic mass is 32.2. The summed E-state index contributed by atoms with van der Waals surface area (Å²) in [5.41, 5.74) is 1.73. The van der Waals surface area contributed by atoms with Crippen LogP contribution in [0.15, 0.2) is 47.1 Å². The van der Waals surface area contributed by atoms with Gasteiger partial charge >= 0.3 is 0 Å². The van der Waals surface area contributed by atoms with E-state index in [1.54, 1.807) is 6.26 Å². The Labute approximate surface area is 170 Å². The van der Waals surface area contributed by atoms with Gasteiger partial charge in [0.2, 0.25) is 5.91 Å². The first-order valence-corrected chi connectivity index (χ1v) is 11.9. The normalized spacial score (nSPS) is 22.5. The van der Waals surface area contributed by atoms with E-state index < -0.39 is 9.84 Å². The molecule has 0 aliphatic carbocycles. The topological polar surface area (TPSA) is 70.8 Å². The Kier molecular flexibility index (Phi) is 4.59. The Bertz CT molecular complexity index is 1180. The minimum atomic E-state index is -2.88. The average molecular weight is 413 g/mol. The lowest BCUT2D eigenvalue weighted by atomic mass is 10.0. The molecule has 0 radical (unpaired) electrons. The summed E-state index contributed by atoms with van der Waals surface area (Å²) >= 11 is 0. The van der Waals surface area contributed by atoms with Crippen molar-refractivity contribution in [3.63, 3.8) is 0 Å². The monoisotopic (exact) mass is 412 g/mol. The molecule has 5 rings (SSSR count). The highest BCUT2D eigenvalue weighted by molar-refractivity contribution is 7.91. The van der Waals surface area contributed by atoms with Gasteiger partial charge in [0.25, 0.3) is 0 Å². The number of hydrogen-bond donors (Lipinski definition) is 0. The first-order chi connectivity index (χ1) is 14.0. The van der Waals surface area contributed by atoms with Crippen molar-refractivity contribution in [1.29, 1.82) is 0 Å². The van der Waals surface area contributed by atoms with Gasteiger partial charge in [-0.2, -0.15) is 0 Å². The number of rotatable bonds is 3. The van der Waals surface area contributed by atoms with E-state index in [1.165, 1.54) is 0 Å². The largest absolute Gasteiger partial charge is 0.464 e. The minimum Gasteiger partial charge on any atom is -0.464 e. The van der Waals surface area contributed by atoms with Crippen LogP contribution in [0.2, 0.25) is 0 Å². The zero-order valence-electron chi connectivity index (χ0n) is 16.2. The molecule has 1 aromatic heterocycles. The Hall–Kier alpha value is -2.38. The maximum Gasteiger partial charge on any atom is 0.227 e. The van der Waals surface area contributed by atoms with E-state index in [1.807, 2.05) is 29.2 Å². The number of amides is 1. The van der Waals surface area contributed by atoms with Gasteiger partial charge in [0, 0.05) is 43.2 Å². The Morgan fingerprint density at radius 2 is 1.86 bits per heavy atom. The van der Waals surface area contributed by atoms with E-state index in [-0.39, 0.29) is 17.7 Å². The third-order valence-corrected chi connectivity index (χ3v) is 8.02. The Morgan fingerprint density at radius 1 is 1.07 bits per heavy atom. The summed E-state index contributed by atoms with van der Waals surface area (Å²) in [6, 6.07) is 12.2. The van der Waals surface area contributed by atoms with Gasteiger partial charge in [0.15, 0.2) is 9.84 Å². The molecule has 3 aromatic rings. The molecule has 0 spiro atoms. The van der Waals surface area contributed by atoms with Gasteiger partial charge in [0.05, 0.1) is 24.2 Å². The van der Waals surface area contributed by atoms with Gasteiger partial charge < -0.3 is 9.32 Å². The summed E-state index contributed by atoms with van der Waals surface area (Å²) < 4.78 is 29.2. The summed E-state index contributed by atoms with van der Waals surface area (Å²) in [6.07, 6.45) is 2.73. The maximum absolute atomic E-state index is 12.9. The number of carbonyl (C=O) groups excluding carboxylic acids is 1. The summed E-state index contributed by atoms with van der Waals surface area (Å²) in [6.45, 7) is 2.76. The van der Waals surface area contributed by atoms with Crippen LogP contribution in [-0.2, 0) is 21.1 Å². The van der Waals surface area contributed by atoms with Crippen LogP contribution >= 0.6 is 0 Å². The van der Waals surface area contributed by atoms with E-state index in [2.05, 4.69) is 17.0 Å². The number of sulfone groups is 1. The van der Waals surface area contributed by atoms with E-state index in [4.69, 9.17) is 4.42 Å². The molecule has 2 fully saturated rings. The van der Waals surface area contributed by atoms with E-state index in [0.29, 0.717) is 31.7 Å². The van der Waals surface area contributed by atoms with Crippen molar-refractivity contribution >= 4 is 37.5 Å². The molecule has 0 unspecified atom stereocenters. The van der Waals surface area contributed by atoms with Gasteiger partial charge in [-0.3, -0.25) is 9.69 Å². The van der Waals surface area contributed by atoms with Crippen LogP contribution in [0.1, 0.15) is 12.0 Å². The van der Waals surface area contributed by atoms with Gasteiger partial charge in [-0.05, 0) is 23.3 Å². The molecule has 2 aliphatic rings. The second kappa shape index (κ2) is 7.15. The molecule has 0 saturated carbocycles. The molecule has 2 aliphatic heterocycles. The Morgan fingerprint density at radius 3 is 2.62 bits per heavy atom. The summed E-state index contributed by atoms with van der Waals surface area (Å²) in [7, 11) is -2.88. The average Bonchev–Trinajstić information content (AvgIpc) is 3.31. The molecule has 7 heteroatoms. The highest BCUT2D eigenvalue weighted by Crippen LogP contribution is 2.30. The minimum absolute atomic E-state index is 0.0966. The molecule has 6 nitrogen and oxygen atoms in total. The molecule has 3 heterocycles. The number of carbonyl (C=O) groups is 1. The Balaban J connectivity index is 1.29. The van der Waals surface area contributed by atoms with Crippen molar-refractivity contribution < 1.29 is 17.6 Å². The van der Waals surface area contributed by atoms with Gasteiger partial charge in [-0.1, -0.05) is 30.3 Å². The second-order valence-corrected chi connectivity index (χ2v) is 10.3. The molecular weight excluding hydrogens is 388 g/mol. The zero-order valence-corrected chi connectivity index (χ0v) is 17.0. The smallest absolute Gasteiger partial charge is 0.227 e. The summed E-state index contributed by atoms with van der Waals surface area (Å²) in [5.74, 6) is 0.646. The highest BCUT2D eigenvalue weighted by Gasteiger charge is 2.34. The van der Waals surface area contributed by atoms with Gasteiger partial charge in [0.1, 0.15) is 5.58 Å². The molecule has 1 atom stereocenters.